The Morgan fingerprint density at radius 2 is 1.89 bits per heavy atom. The molecule has 0 atom stereocenters. The number of rotatable bonds is 4. The number of carboxylic acids is 1. The highest BCUT2D eigenvalue weighted by Crippen LogP contribution is 2.23. The van der Waals surface area contributed by atoms with Gasteiger partial charge < -0.3 is 14.7 Å². The van der Waals surface area contributed by atoms with Crippen LogP contribution in [0.1, 0.15) is 10.5 Å². The van der Waals surface area contributed by atoms with Gasteiger partial charge in [0.2, 0.25) is 0 Å². The number of anilines is 2. The number of methoxy groups -OCH3 is 1. The number of hydrogen-bond acceptors (Lipinski definition) is 5. The molecule has 0 saturated heterocycles. The molecule has 0 aliphatic rings. The highest BCUT2D eigenvalue weighted by molar-refractivity contribution is 5.85. The Balaban J connectivity index is 2.22. The molecule has 0 bridgehead atoms. The van der Waals surface area contributed by atoms with E-state index in [1.807, 2.05) is 31.3 Å². The second-order valence-electron chi connectivity index (χ2n) is 3.82. The van der Waals surface area contributed by atoms with Gasteiger partial charge >= 0.3 is 5.97 Å². The zero-order chi connectivity index (χ0) is 13.8. The van der Waals surface area contributed by atoms with Gasteiger partial charge in [-0.25, -0.2) is 14.8 Å². The third-order valence-electron chi connectivity index (χ3n) is 2.66. The van der Waals surface area contributed by atoms with E-state index >= 15 is 0 Å². The standard InChI is InChI=1S/C13H13N3O3/c1-16(9-3-5-10(19-2)6-4-9)12-8-14-11(7-15-12)13(17)18/h3-8H,1-2H3,(H,17,18). The van der Waals surface area contributed by atoms with Crippen molar-refractivity contribution in [3.63, 3.8) is 0 Å². The number of benzene rings is 1. The average Bonchev–Trinajstić information content (AvgIpc) is 2.46. The van der Waals surface area contributed by atoms with Crippen molar-refractivity contribution in [1.82, 2.24) is 9.97 Å². The van der Waals surface area contributed by atoms with Crippen LogP contribution in [0, 0.1) is 0 Å². The van der Waals surface area contributed by atoms with Gasteiger partial charge in [-0.1, -0.05) is 0 Å². The first-order valence-corrected chi connectivity index (χ1v) is 5.55. The summed E-state index contributed by atoms with van der Waals surface area (Å²) in [6.07, 6.45) is 2.66. The largest absolute Gasteiger partial charge is 0.497 e. The molecule has 0 aliphatic carbocycles. The van der Waals surface area contributed by atoms with Crippen molar-refractivity contribution in [1.29, 1.82) is 0 Å². The lowest BCUT2D eigenvalue weighted by molar-refractivity contribution is 0.0690. The van der Waals surface area contributed by atoms with E-state index in [9.17, 15) is 4.79 Å². The SMILES string of the molecule is COc1ccc(N(C)c2cnc(C(=O)O)cn2)cc1. The number of hydrogen-bond donors (Lipinski definition) is 1. The zero-order valence-electron chi connectivity index (χ0n) is 10.6. The van der Waals surface area contributed by atoms with Crippen molar-refractivity contribution in [2.75, 3.05) is 19.1 Å². The second-order valence-corrected chi connectivity index (χ2v) is 3.82. The Morgan fingerprint density at radius 1 is 1.21 bits per heavy atom. The summed E-state index contributed by atoms with van der Waals surface area (Å²) in [5.74, 6) is 0.241. The maximum absolute atomic E-state index is 10.7. The quantitative estimate of drug-likeness (QED) is 0.904. The van der Waals surface area contributed by atoms with Gasteiger partial charge in [-0.2, -0.15) is 0 Å². The smallest absolute Gasteiger partial charge is 0.356 e. The van der Waals surface area contributed by atoms with Crippen LogP contribution in [-0.2, 0) is 0 Å². The molecule has 0 unspecified atom stereocenters. The Kier molecular flexibility index (Phi) is 3.61. The molecule has 19 heavy (non-hydrogen) atoms. The maximum atomic E-state index is 10.7. The van der Waals surface area contributed by atoms with Crippen molar-refractivity contribution >= 4 is 17.5 Å². The van der Waals surface area contributed by atoms with Crippen molar-refractivity contribution < 1.29 is 14.6 Å². The molecule has 2 aromatic rings. The third kappa shape index (κ3) is 2.79. The molecular weight excluding hydrogens is 246 g/mol. The summed E-state index contributed by atoms with van der Waals surface area (Å²) >= 11 is 0. The lowest BCUT2D eigenvalue weighted by atomic mass is 10.3. The summed E-state index contributed by atoms with van der Waals surface area (Å²) in [5.41, 5.74) is 0.824. The molecule has 0 amide bonds. The minimum absolute atomic E-state index is 0.0770. The molecule has 6 heteroatoms. The fraction of sp³-hybridized carbons (Fsp3) is 0.154. The number of carboxylic acid groups (broad SMARTS) is 1. The number of ether oxygens (including phenoxy) is 1. The molecular formula is C13H13N3O3. The first kappa shape index (κ1) is 12.8. The predicted octanol–water partition coefficient (Wildman–Crippen LogP) is 1.95. The molecule has 0 spiro atoms. The Labute approximate surface area is 110 Å². The molecule has 0 aliphatic heterocycles. The summed E-state index contributed by atoms with van der Waals surface area (Å²) in [6.45, 7) is 0. The van der Waals surface area contributed by atoms with Crippen LogP contribution in [0.2, 0.25) is 0 Å². The van der Waals surface area contributed by atoms with Crippen LogP contribution in [0.3, 0.4) is 0 Å². The van der Waals surface area contributed by atoms with Crippen LogP contribution >= 0.6 is 0 Å². The number of aromatic nitrogens is 2. The molecule has 0 fully saturated rings. The molecule has 0 radical (unpaired) electrons. The van der Waals surface area contributed by atoms with E-state index < -0.39 is 5.97 Å². The normalized spacial score (nSPS) is 10.0. The van der Waals surface area contributed by atoms with E-state index in [1.165, 1.54) is 12.4 Å². The van der Waals surface area contributed by atoms with Crippen LogP contribution in [0.25, 0.3) is 0 Å². The fourth-order valence-corrected chi connectivity index (χ4v) is 1.54. The second kappa shape index (κ2) is 5.34. The van der Waals surface area contributed by atoms with E-state index in [-0.39, 0.29) is 5.69 Å². The monoisotopic (exact) mass is 259 g/mol. The Bertz CT molecular complexity index is 567. The lowest BCUT2D eigenvalue weighted by Gasteiger charge is -2.18. The number of aromatic carboxylic acids is 1. The molecule has 98 valence electrons. The molecule has 1 heterocycles. The Morgan fingerprint density at radius 3 is 2.37 bits per heavy atom. The molecule has 6 nitrogen and oxygen atoms in total. The topological polar surface area (TPSA) is 75.5 Å². The van der Waals surface area contributed by atoms with Gasteiger partial charge in [-0.05, 0) is 24.3 Å². The summed E-state index contributed by atoms with van der Waals surface area (Å²) in [6, 6.07) is 7.44. The summed E-state index contributed by atoms with van der Waals surface area (Å²) in [4.78, 5) is 20.4. The van der Waals surface area contributed by atoms with Gasteiger partial charge in [-0.15, -0.1) is 0 Å². The first-order valence-electron chi connectivity index (χ1n) is 5.55. The van der Waals surface area contributed by atoms with E-state index in [2.05, 4.69) is 9.97 Å². The third-order valence-corrected chi connectivity index (χ3v) is 2.66. The molecule has 0 saturated carbocycles. The average molecular weight is 259 g/mol. The van der Waals surface area contributed by atoms with Gasteiger partial charge in [0.05, 0.1) is 19.5 Å². The van der Waals surface area contributed by atoms with Gasteiger partial charge in [0.25, 0.3) is 0 Å². The van der Waals surface area contributed by atoms with Crippen LogP contribution in [-0.4, -0.2) is 35.2 Å². The van der Waals surface area contributed by atoms with Gasteiger partial charge in [0.1, 0.15) is 5.75 Å². The number of nitrogens with zero attached hydrogens (tertiary/aromatic N) is 3. The van der Waals surface area contributed by atoms with E-state index in [0.717, 1.165) is 11.4 Å². The van der Waals surface area contributed by atoms with Crippen molar-refractivity contribution in [3.05, 3.63) is 42.4 Å². The molecule has 1 aromatic carbocycles. The van der Waals surface area contributed by atoms with Crippen molar-refractivity contribution in [3.8, 4) is 5.75 Å². The van der Waals surface area contributed by atoms with Crippen LogP contribution < -0.4 is 9.64 Å². The minimum atomic E-state index is -1.09. The minimum Gasteiger partial charge on any atom is -0.497 e. The highest BCUT2D eigenvalue weighted by atomic mass is 16.5. The summed E-state index contributed by atoms with van der Waals surface area (Å²) in [5, 5.41) is 8.76. The van der Waals surface area contributed by atoms with E-state index in [0.29, 0.717) is 5.82 Å². The first-order chi connectivity index (χ1) is 9.11. The lowest BCUT2D eigenvalue weighted by Crippen LogP contribution is -2.12. The van der Waals surface area contributed by atoms with Crippen LogP contribution in [0.5, 0.6) is 5.75 Å². The number of carbonyl (C=O) groups is 1. The van der Waals surface area contributed by atoms with E-state index in [1.54, 1.807) is 12.0 Å². The zero-order valence-corrected chi connectivity index (χ0v) is 10.6. The van der Waals surface area contributed by atoms with Gasteiger partial charge in [-0.3, -0.25) is 0 Å². The highest BCUT2D eigenvalue weighted by Gasteiger charge is 2.09. The molecule has 1 N–H and O–H groups in total. The summed E-state index contributed by atoms with van der Waals surface area (Å²) < 4.78 is 5.08. The van der Waals surface area contributed by atoms with E-state index in [4.69, 9.17) is 9.84 Å². The maximum Gasteiger partial charge on any atom is 0.356 e. The van der Waals surface area contributed by atoms with Gasteiger partial charge in [0.15, 0.2) is 11.5 Å². The molecule has 2 rings (SSSR count). The molecule has 1 aromatic heterocycles. The van der Waals surface area contributed by atoms with Crippen LogP contribution in [0.15, 0.2) is 36.7 Å². The van der Waals surface area contributed by atoms with Gasteiger partial charge in [0, 0.05) is 12.7 Å². The van der Waals surface area contributed by atoms with Crippen LogP contribution in [0.4, 0.5) is 11.5 Å². The van der Waals surface area contributed by atoms with Crippen molar-refractivity contribution in [2.45, 2.75) is 0 Å². The Hall–Kier alpha value is -2.63. The summed E-state index contributed by atoms with van der Waals surface area (Å²) in [7, 11) is 3.43. The fourth-order valence-electron chi connectivity index (χ4n) is 1.54. The van der Waals surface area contributed by atoms with Crippen molar-refractivity contribution in [2.24, 2.45) is 0 Å². The predicted molar refractivity (Wildman–Crippen MR) is 70.0 cm³/mol.